The van der Waals surface area contributed by atoms with Crippen LogP contribution in [0.2, 0.25) is 0 Å². The maximum absolute atomic E-state index is 11.7. The molecular formula is C17H23N5OS. The van der Waals surface area contributed by atoms with Crippen molar-refractivity contribution in [2.24, 2.45) is 0 Å². The molecule has 0 radical (unpaired) electrons. The van der Waals surface area contributed by atoms with E-state index < -0.39 is 0 Å². The third-order valence-corrected chi connectivity index (χ3v) is 5.79. The topological polar surface area (TPSA) is 54.3 Å². The van der Waals surface area contributed by atoms with Crippen LogP contribution in [0.25, 0.3) is 0 Å². The maximum atomic E-state index is 11.7. The SMILES string of the molecule is CCn1nc(N2CCN(Cc3csc(C4CC4)n3)CC2)ccc1=O. The lowest BCUT2D eigenvalue weighted by Crippen LogP contribution is -2.46. The molecule has 3 heterocycles. The first-order valence-electron chi connectivity index (χ1n) is 8.72. The molecule has 0 aromatic carbocycles. The normalized spacial score (nSPS) is 19.0. The average molecular weight is 345 g/mol. The van der Waals surface area contributed by atoms with E-state index in [1.165, 1.54) is 28.2 Å². The average Bonchev–Trinajstić information content (AvgIpc) is 3.36. The highest BCUT2D eigenvalue weighted by atomic mass is 32.1. The summed E-state index contributed by atoms with van der Waals surface area (Å²) in [7, 11) is 0. The van der Waals surface area contributed by atoms with Crippen LogP contribution in [0, 0.1) is 0 Å². The highest BCUT2D eigenvalue weighted by Crippen LogP contribution is 2.41. The number of hydrogen-bond acceptors (Lipinski definition) is 6. The fourth-order valence-corrected chi connectivity index (χ4v) is 4.09. The van der Waals surface area contributed by atoms with Gasteiger partial charge in [0.25, 0.3) is 5.56 Å². The van der Waals surface area contributed by atoms with Crippen LogP contribution >= 0.6 is 11.3 Å². The standard InChI is InChI=1S/C17H23N5OS/c1-2-22-16(23)6-5-15(19-22)21-9-7-20(8-10-21)11-14-12-24-17(18-14)13-3-4-13/h5-6,12-13H,2-4,7-11H2,1H3. The van der Waals surface area contributed by atoms with Gasteiger partial charge < -0.3 is 4.90 Å². The first kappa shape index (κ1) is 15.8. The number of rotatable bonds is 5. The molecule has 2 aromatic rings. The van der Waals surface area contributed by atoms with Crippen molar-refractivity contribution in [2.75, 3.05) is 31.1 Å². The van der Waals surface area contributed by atoms with Crippen LogP contribution in [0.15, 0.2) is 22.3 Å². The summed E-state index contributed by atoms with van der Waals surface area (Å²) in [6.45, 7) is 7.38. The summed E-state index contributed by atoms with van der Waals surface area (Å²) in [6, 6.07) is 3.46. The Hall–Kier alpha value is -1.73. The van der Waals surface area contributed by atoms with Crippen molar-refractivity contribution in [3.8, 4) is 0 Å². The number of thiazole rings is 1. The van der Waals surface area contributed by atoms with E-state index in [4.69, 9.17) is 4.98 Å². The Balaban J connectivity index is 1.35. The summed E-state index contributed by atoms with van der Waals surface area (Å²) in [5.41, 5.74) is 1.18. The lowest BCUT2D eigenvalue weighted by atomic mass is 10.3. The molecule has 0 atom stereocenters. The van der Waals surface area contributed by atoms with Gasteiger partial charge in [0.2, 0.25) is 0 Å². The summed E-state index contributed by atoms with van der Waals surface area (Å²) in [5, 5.41) is 8.00. The summed E-state index contributed by atoms with van der Waals surface area (Å²) >= 11 is 1.82. The Kier molecular flexibility index (Phi) is 4.37. The molecule has 1 saturated heterocycles. The lowest BCUT2D eigenvalue weighted by molar-refractivity contribution is 0.246. The highest BCUT2D eigenvalue weighted by Gasteiger charge is 2.27. The first-order valence-corrected chi connectivity index (χ1v) is 9.60. The fraction of sp³-hybridized carbons (Fsp3) is 0.588. The monoisotopic (exact) mass is 345 g/mol. The molecule has 1 saturated carbocycles. The van der Waals surface area contributed by atoms with Gasteiger partial charge in [0.1, 0.15) is 5.82 Å². The van der Waals surface area contributed by atoms with E-state index in [9.17, 15) is 4.79 Å². The third-order valence-electron chi connectivity index (χ3n) is 4.73. The number of nitrogens with zero attached hydrogens (tertiary/aromatic N) is 5. The Bertz CT molecular complexity index is 758. The predicted octanol–water partition coefficient (Wildman–Crippen LogP) is 1.92. The molecule has 2 fully saturated rings. The number of hydrogen-bond donors (Lipinski definition) is 0. The quantitative estimate of drug-likeness (QED) is 0.829. The second-order valence-corrected chi connectivity index (χ2v) is 7.45. The molecule has 0 amide bonds. The minimum atomic E-state index is -0.0325. The summed E-state index contributed by atoms with van der Waals surface area (Å²) < 4.78 is 1.52. The summed E-state index contributed by atoms with van der Waals surface area (Å²) in [6.07, 6.45) is 2.64. The Morgan fingerprint density at radius 1 is 1.21 bits per heavy atom. The van der Waals surface area contributed by atoms with Crippen LogP contribution in [0.3, 0.4) is 0 Å². The molecule has 128 valence electrons. The van der Waals surface area contributed by atoms with E-state index in [0.29, 0.717) is 6.54 Å². The molecule has 24 heavy (non-hydrogen) atoms. The van der Waals surface area contributed by atoms with Gasteiger partial charge in [-0.25, -0.2) is 9.67 Å². The van der Waals surface area contributed by atoms with E-state index in [1.54, 1.807) is 6.07 Å². The molecule has 0 N–H and O–H groups in total. The minimum absolute atomic E-state index is 0.0325. The zero-order valence-electron chi connectivity index (χ0n) is 14.0. The second kappa shape index (κ2) is 6.64. The van der Waals surface area contributed by atoms with Gasteiger partial charge in [-0.2, -0.15) is 5.10 Å². The van der Waals surface area contributed by atoms with Crippen molar-refractivity contribution in [1.29, 1.82) is 0 Å². The lowest BCUT2D eigenvalue weighted by Gasteiger charge is -2.35. The van der Waals surface area contributed by atoms with Crippen LogP contribution in [-0.4, -0.2) is 45.8 Å². The van der Waals surface area contributed by atoms with Crippen LogP contribution in [-0.2, 0) is 13.1 Å². The van der Waals surface area contributed by atoms with Gasteiger partial charge in [-0.15, -0.1) is 11.3 Å². The maximum Gasteiger partial charge on any atom is 0.266 e. The second-order valence-electron chi connectivity index (χ2n) is 6.56. The largest absolute Gasteiger partial charge is 0.353 e. The number of piperazine rings is 1. The fourth-order valence-electron chi connectivity index (χ4n) is 3.11. The van der Waals surface area contributed by atoms with Crippen LogP contribution < -0.4 is 10.5 Å². The van der Waals surface area contributed by atoms with Gasteiger partial charge in [0.15, 0.2) is 0 Å². The Morgan fingerprint density at radius 2 is 2.00 bits per heavy atom. The minimum Gasteiger partial charge on any atom is -0.353 e. The summed E-state index contributed by atoms with van der Waals surface area (Å²) in [5.74, 6) is 1.65. The summed E-state index contributed by atoms with van der Waals surface area (Å²) in [4.78, 5) is 21.2. The molecule has 1 aliphatic heterocycles. The zero-order chi connectivity index (χ0) is 16.5. The molecule has 2 aliphatic rings. The molecule has 7 heteroatoms. The van der Waals surface area contributed by atoms with Crippen molar-refractivity contribution in [1.82, 2.24) is 19.7 Å². The molecule has 0 spiro atoms. The number of aryl methyl sites for hydroxylation is 1. The van der Waals surface area contributed by atoms with Crippen molar-refractivity contribution in [3.05, 3.63) is 38.6 Å². The smallest absolute Gasteiger partial charge is 0.266 e. The zero-order valence-corrected chi connectivity index (χ0v) is 14.8. The predicted molar refractivity (Wildman–Crippen MR) is 95.8 cm³/mol. The van der Waals surface area contributed by atoms with Gasteiger partial charge in [0.05, 0.1) is 10.7 Å². The molecule has 6 nitrogen and oxygen atoms in total. The van der Waals surface area contributed by atoms with Gasteiger partial charge >= 0.3 is 0 Å². The van der Waals surface area contributed by atoms with E-state index >= 15 is 0 Å². The number of anilines is 1. The van der Waals surface area contributed by atoms with Crippen molar-refractivity contribution >= 4 is 17.2 Å². The van der Waals surface area contributed by atoms with Gasteiger partial charge in [-0.05, 0) is 25.8 Å². The molecule has 0 bridgehead atoms. The van der Waals surface area contributed by atoms with Gasteiger partial charge in [-0.1, -0.05) is 0 Å². The van der Waals surface area contributed by atoms with E-state index in [2.05, 4.69) is 20.3 Å². The van der Waals surface area contributed by atoms with E-state index in [0.717, 1.165) is 44.5 Å². The van der Waals surface area contributed by atoms with Gasteiger partial charge in [-0.3, -0.25) is 9.69 Å². The van der Waals surface area contributed by atoms with Crippen molar-refractivity contribution in [2.45, 2.75) is 38.8 Å². The highest BCUT2D eigenvalue weighted by molar-refractivity contribution is 7.09. The molecular weight excluding hydrogens is 322 g/mol. The molecule has 0 unspecified atom stereocenters. The van der Waals surface area contributed by atoms with Gasteiger partial charge in [0, 0.05) is 56.6 Å². The molecule has 2 aromatic heterocycles. The number of aromatic nitrogens is 3. The Morgan fingerprint density at radius 3 is 2.71 bits per heavy atom. The molecule has 4 rings (SSSR count). The first-order chi connectivity index (χ1) is 11.7. The van der Waals surface area contributed by atoms with Crippen LogP contribution in [0.5, 0.6) is 0 Å². The van der Waals surface area contributed by atoms with E-state index in [-0.39, 0.29) is 5.56 Å². The van der Waals surface area contributed by atoms with E-state index in [1.807, 2.05) is 24.3 Å². The van der Waals surface area contributed by atoms with Crippen LogP contribution in [0.4, 0.5) is 5.82 Å². The Labute approximate surface area is 145 Å². The third kappa shape index (κ3) is 3.37. The molecule has 1 aliphatic carbocycles. The van der Waals surface area contributed by atoms with Crippen molar-refractivity contribution in [3.63, 3.8) is 0 Å². The van der Waals surface area contributed by atoms with Crippen LogP contribution in [0.1, 0.15) is 36.4 Å². The van der Waals surface area contributed by atoms with Crippen molar-refractivity contribution < 1.29 is 0 Å².